The lowest BCUT2D eigenvalue weighted by molar-refractivity contribution is -0.148. The lowest BCUT2D eigenvalue weighted by Gasteiger charge is -2.27. The molecule has 0 aliphatic carbocycles. The van der Waals surface area contributed by atoms with E-state index in [1.165, 1.54) is 4.68 Å². The van der Waals surface area contributed by atoms with Gasteiger partial charge in [0, 0.05) is 10.6 Å². The minimum atomic E-state index is -1.22. The fourth-order valence-electron chi connectivity index (χ4n) is 2.25. The molecule has 0 aliphatic heterocycles. The molecule has 2 rings (SSSR count). The lowest BCUT2D eigenvalue weighted by Crippen LogP contribution is -2.42. The average Bonchev–Trinajstić information content (AvgIpc) is 2.93. The summed E-state index contributed by atoms with van der Waals surface area (Å²) in [6.45, 7) is 3.56. The summed E-state index contributed by atoms with van der Waals surface area (Å²) in [5.41, 5.74) is -0.716. The van der Waals surface area contributed by atoms with Gasteiger partial charge in [0.05, 0.1) is 5.02 Å². The van der Waals surface area contributed by atoms with Crippen LogP contribution in [0.5, 0.6) is 0 Å². The van der Waals surface area contributed by atoms with Gasteiger partial charge >= 0.3 is 5.97 Å². The van der Waals surface area contributed by atoms with Crippen LogP contribution in [0, 0.1) is 0 Å². The Hall–Kier alpha value is -1.66. The first kappa shape index (κ1) is 15.7. The van der Waals surface area contributed by atoms with Gasteiger partial charge in [-0.3, -0.25) is 0 Å². The predicted molar refractivity (Wildman–Crippen MR) is 79.5 cm³/mol. The maximum atomic E-state index is 11.7. The first-order valence-corrected chi connectivity index (χ1v) is 7.19. The molecule has 8 heteroatoms. The third kappa shape index (κ3) is 2.61. The number of carbonyl (C=O) groups is 1. The molecular formula is C13H14Cl2N4O2. The molecule has 0 aliphatic rings. The number of tetrazole rings is 1. The summed E-state index contributed by atoms with van der Waals surface area (Å²) in [6.07, 6.45) is 0.685. The van der Waals surface area contributed by atoms with Crippen molar-refractivity contribution in [2.45, 2.75) is 32.2 Å². The Morgan fingerprint density at radius 1 is 1.33 bits per heavy atom. The summed E-state index contributed by atoms with van der Waals surface area (Å²) in [4.78, 5) is 11.7. The number of aliphatic carboxylic acids is 1. The standard InChI is InChI=1S/C13H14Cl2N4O2/c1-3-13(4-2,12(20)21)19-11(16-17-18-19)9-7-8(14)5-6-10(9)15/h5-7H,3-4H2,1-2H3,(H,20,21). The molecule has 0 atom stereocenters. The Labute approximate surface area is 131 Å². The number of benzene rings is 1. The van der Waals surface area contributed by atoms with Crippen LogP contribution in [0.4, 0.5) is 0 Å². The van der Waals surface area contributed by atoms with Gasteiger partial charge < -0.3 is 5.11 Å². The molecule has 0 spiro atoms. The molecule has 1 N–H and O–H groups in total. The molecule has 1 heterocycles. The fraction of sp³-hybridized carbons (Fsp3) is 0.385. The lowest BCUT2D eigenvalue weighted by atomic mass is 9.92. The quantitative estimate of drug-likeness (QED) is 0.911. The number of halogens is 2. The summed E-state index contributed by atoms with van der Waals surface area (Å²) in [7, 11) is 0. The van der Waals surface area contributed by atoms with Gasteiger partial charge in [-0.25, -0.2) is 9.48 Å². The number of hydrogen-bond donors (Lipinski definition) is 1. The van der Waals surface area contributed by atoms with Crippen molar-refractivity contribution in [2.75, 3.05) is 0 Å². The molecule has 0 saturated heterocycles. The number of aromatic nitrogens is 4. The molecule has 0 fully saturated rings. The van der Waals surface area contributed by atoms with Gasteiger partial charge in [-0.1, -0.05) is 37.0 Å². The van der Waals surface area contributed by atoms with Crippen molar-refractivity contribution in [3.8, 4) is 11.4 Å². The third-order valence-electron chi connectivity index (χ3n) is 3.61. The van der Waals surface area contributed by atoms with E-state index in [1.54, 1.807) is 32.0 Å². The summed E-state index contributed by atoms with van der Waals surface area (Å²) >= 11 is 12.1. The van der Waals surface area contributed by atoms with E-state index in [-0.39, 0.29) is 5.82 Å². The van der Waals surface area contributed by atoms with E-state index in [4.69, 9.17) is 23.2 Å². The number of carboxylic acid groups (broad SMARTS) is 1. The minimum absolute atomic E-state index is 0.286. The zero-order valence-corrected chi connectivity index (χ0v) is 13.1. The number of hydrogen-bond acceptors (Lipinski definition) is 4. The predicted octanol–water partition coefficient (Wildman–Crippen LogP) is 3.25. The molecule has 0 bridgehead atoms. The van der Waals surface area contributed by atoms with Crippen LogP contribution in [-0.2, 0) is 10.3 Å². The summed E-state index contributed by atoms with van der Waals surface area (Å²) in [5, 5.41) is 21.9. The van der Waals surface area contributed by atoms with Crippen LogP contribution < -0.4 is 0 Å². The first-order chi connectivity index (χ1) is 9.96. The van der Waals surface area contributed by atoms with Gasteiger partial charge in [0.25, 0.3) is 0 Å². The Morgan fingerprint density at radius 2 is 2.00 bits per heavy atom. The highest BCUT2D eigenvalue weighted by Gasteiger charge is 2.40. The van der Waals surface area contributed by atoms with E-state index in [1.807, 2.05) is 0 Å². The van der Waals surface area contributed by atoms with E-state index in [0.29, 0.717) is 28.5 Å². The van der Waals surface area contributed by atoms with E-state index in [9.17, 15) is 9.90 Å². The maximum Gasteiger partial charge on any atom is 0.331 e. The molecule has 0 unspecified atom stereocenters. The van der Waals surface area contributed by atoms with Crippen LogP contribution in [0.2, 0.25) is 10.0 Å². The van der Waals surface area contributed by atoms with Crippen LogP contribution in [0.15, 0.2) is 18.2 Å². The fourth-order valence-corrected chi connectivity index (χ4v) is 2.63. The second-order valence-electron chi connectivity index (χ2n) is 4.58. The van der Waals surface area contributed by atoms with Gasteiger partial charge in [0.15, 0.2) is 11.4 Å². The molecule has 0 saturated carbocycles. The van der Waals surface area contributed by atoms with Crippen molar-refractivity contribution in [3.63, 3.8) is 0 Å². The number of nitrogens with zero attached hydrogens (tertiary/aromatic N) is 4. The van der Waals surface area contributed by atoms with Crippen molar-refractivity contribution in [3.05, 3.63) is 28.2 Å². The highest BCUT2D eigenvalue weighted by atomic mass is 35.5. The van der Waals surface area contributed by atoms with Crippen LogP contribution in [0.25, 0.3) is 11.4 Å². The maximum absolute atomic E-state index is 11.7. The van der Waals surface area contributed by atoms with Crippen LogP contribution >= 0.6 is 23.2 Å². The Balaban J connectivity index is 2.67. The van der Waals surface area contributed by atoms with Crippen molar-refractivity contribution < 1.29 is 9.90 Å². The average molecular weight is 329 g/mol. The molecule has 0 radical (unpaired) electrons. The Morgan fingerprint density at radius 3 is 2.57 bits per heavy atom. The van der Waals surface area contributed by atoms with E-state index in [0.717, 1.165) is 0 Å². The summed E-state index contributed by atoms with van der Waals surface area (Å²) in [6, 6.07) is 4.88. The highest BCUT2D eigenvalue weighted by molar-refractivity contribution is 6.35. The monoisotopic (exact) mass is 328 g/mol. The zero-order valence-electron chi connectivity index (χ0n) is 11.5. The zero-order chi connectivity index (χ0) is 15.6. The molecule has 1 aromatic carbocycles. The molecule has 6 nitrogen and oxygen atoms in total. The molecule has 21 heavy (non-hydrogen) atoms. The number of rotatable bonds is 5. The van der Waals surface area contributed by atoms with Gasteiger partial charge in [0.1, 0.15) is 0 Å². The summed E-state index contributed by atoms with van der Waals surface area (Å²) < 4.78 is 1.31. The molecule has 2 aromatic rings. The summed E-state index contributed by atoms with van der Waals surface area (Å²) in [5.74, 6) is -0.701. The second-order valence-corrected chi connectivity index (χ2v) is 5.43. The van der Waals surface area contributed by atoms with Gasteiger partial charge in [-0.05, 0) is 41.5 Å². The Bertz CT molecular complexity index is 668. The normalized spacial score (nSPS) is 11.6. The van der Waals surface area contributed by atoms with Crippen molar-refractivity contribution in [1.82, 2.24) is 20.2 Å². The second kappa shape index (κ2) is 5.99. The van der Waals surface area contributed by atoms with Crippen molar-refractivity contribution in [1.29, 1.82) is 0 Å². The van der Waals surface area contributed by atoms with Crippen molar-refractivity contribution in [2.24, 2.45) is 0 Å². The molecular weight excluding hydrogens is 315 g/mol. The third-order valence-corrected chi connectivity index (χ3v) is 4.18. The van der Waals surface area contributed by atoms with E-state index < -0.39 is 11.5 Å². The van der Waals surface area contributed by atoms with Gasteiger partial charge in [0.2, 0.25) is 0 Å². The molecule has 0 amide bonds. The smallest absolute Gasteiger partial charge is 0.331 e. The SMILES string of the molecule is CCC(CC)(C(=O)O)n1nnnc1-c1cc(Cl)ccc1Cl. The minimum Gasteiger partial charge on any atom is -0.479 e. The van der Waals surface area contributed by atoms with Crippen LogP contribution in [0.3, 0.4) is 0 Å². The first-order valence-electron chi connectivity index (χ1n) is 6.44. The van der Waals surface area contributed by atoms with Crippen LogP contribution in [0.1, 0.15) is 26.7 Å². The number of carboxylic acids is 1. The van der Waals surface area contributed by atoms with E-state index in [2.05, 4.69) is 15.5 Å². The topological polar surface area (TPSA) is 80.9 Å². The Kier molecular flexibility index (Phi) is 4.49. The van der Waals surface area contributed by atoms with Gasteiger partial charge in [-0.15, -0.1) is 5.10 Å². The van der Waals surface area contributed by atoms with Crippen LogP contribution in [-0.4, -0.2) is 31.3 Å². The largest absolute Gasteiger partial charge is 0.479 e. The highest BCUT2D eigenvalue weighted by Crippen LogP contribution is 2.33. The van der Waals surface area contributed by atoms with Gasteiger partial charge in [-0.2, -0.15) is 0 Å². The molecule has 112 valence electrons. The van der Waals surface area contributed by atoms with Crippen molar-refractivity contribution >= 4 is 29.2 Å². The molecule has 1 aromatic heterocycles. The van der Waals surface area contributed by atoms with E-state index >= 15 is 0 Å².